The minimum Gasteiger partial charge on any atom is -0.463 e. The van der Waals surface area contributed by atoms with Crippen molar-refractivity contribution in [1.82, 2.24) is 4.90 Å². The fourth-order valence-electron chi connectivity index (χ4n) is 2.51. The van der Waals surface area contributed by atoms with Crippen LogP contribution in [0.3, 0.4) is 0 Å². The van der Waals surface area contributed by atoms with Gasteiger partial charge in [-0.1, -0.05) is 11.6 Å². The highest BCUT2D eigenvalue weighted by Gasteiger charge is 2.61. The van der Waals surface area contributed by atoms with E-state index >= 15 is 4.39 Å². The molecule has 1 aliphatic heterocycles. The smallest absolute Gasteiger partial charge is 0.353 e. The van der Waals surface area contributed by atoms with Crippen LogP contribution in [0.25, 0.3) is 0 Å². The number of carbonyl (C=O) groups is 4. The zero-order chi connectivity index (χ0) is 18.1. The molecule has 0 bridgehead atoms. The molecule has 0 unspecified atom stereocenters. The zero-order valence-corrected chi connectivity index (χ0v) is 13.8. The molecule has 24 heavy (non-hydrogen) atoms. The van der Waals surface area contributed by atoms with Crippen LogP contribution in [0.1, 0.15) is 23.7 Å². The van der Waals surface area contributed by atoms with Crippen molar-refractivity contribution in [2.75, 3.05) is 13.7 Å². The molecule has 0 radical (unpaired) electrons. The zero-order valence-electron chi connectivity index (χ0n) is 13.0. The van der Waals surface area contributed by atoms with Crippen LogP contribution < -0.4 is 0 Å². The Morgan fingerprint density at radius 2 is 1.92 bits per heavy atom. The van der Waals surface area contributed by atoms with Gasteiger partial charge in [-0.3, -0.25) is 19.3 Å². The van der Waals surface area contributed by atoms with Crippen LogP contribution in [0.15, 0.2) is 24.3 Å². The Bertz CT molecular complexity index is 705. The molecule has 0 N–H and O–H groups in total. The van der Waals surface area contributed by atoms with Gasteiger partial charge in [-0.2, -0.15) is 0 Å². The number of ether oxygens (including phenoxy) is 1. The number of hydrogen-bond donors (Lipinski definition) is 0. The number of esters is 1. The first-order valence-corrected chi connectivity index (χ1v) is 7.58. The summed E-state index contributed by atoms with van der Waals surface area (Å²) in [5.74, 6) is -6.07. The Balaban J connectivity index is 2.49. The fourth-order valence-corrected chi connectivity index (χ4v) is 2.63. The average Bonchev–Trinajstić information content (AvgIpc) is 2.82. The molecular formula is C16H15ClFNO5. The number of benzene rings is 1. The van der Waals surface area contributed by atoms with Crippen LogP contribution in [0.4, 0.5) is 4.39 Å². The van der Waals surface area contributed by atoms with E-state index in [0.717, 1.165) is 0 Å². The number of Topliss-reactive ketones (excluding diaryl/α,β-unsaturated/α-hetero) is 1. The Morgan fingerprint density at radius 3 is 2.38 bits per heavy atom. The molecule has 1 aliphatic rings. The standard InChI is InChI=1S/C16H15ClFNO5/c1-3-24-15(23)16(18,11-8-12(20)19(2)14(11)22)13(21)9-4-6-10(17)7-5-9/h4-7,11H,3,8H2,1-2H3/t11-,16-/m0/s1. The van der Waals surface area contributed by atoms with E-state index in [1.54, 1.807) is 0 Å². The second kappa shape index (κ2) is 6.68. The lowest BCUT2D eigenvalue weighted by molar-refractivity contribution is -0.160. The van der Waals surface area contributed by atoms with Crippen molar-refractivity contribution in [1.29, 1.82) is 0 Å². The summed E-state index contributed by atoms with van der Waals surface area (Å²) >= 11 is 5.73. The number of alkyl halides is 1. The third kappa shape index (κ3) is 2.91. The average molecular weight is 356 g/mol. The summed E-state index contributed by atoms with van der Waals surface area (Å²) in [6, 6.07) is 5.19. The van der Waals surface area contributed by atoms with Crippen LogP contribution in [0.2, 0.25) is 5.02 Å². The molecule has 2 rings (SSSR count). The summed E-state index contributed by atoms with van der Waals surface area (Å²) < 4.78 is 20.3. The number of rotatable bonds is 5. The SMILES string of the molecule is CCOC(=O)[C@@](F)(C(=O)c1ccc(Cl)cc1)[C@H]1CC(=O)N(C)C1=O. The number of ketones is 1. The topological polar surface area (TPSA) is 80.8 Å². The van der Waals surface area contributed by atoms with E-state index in [1.165, 1.54) is 38.2 Å². The normalized spacial score (nSPS) is 20.0. The third-order valence-electron chi connectivity index (χ3n) is 3.87. The fraction of sp³-hybridized carbons (Fsp3) is 0.375. The van der Waals surface area contributed by atoms with Crippen molar-refractivity contribution < 1.29 is 28.3 Å². The quantitative estimate of drug-likeness (QED) is 0.348. The van der Waals surface area contributed by atoms with Crippen LogP contribution in [0, 0.1) is 5.92 Å². The summed E-state index contributed by atoms with van der Waals surface area (Å²) in [5, 5.41) is 0.319. The molecule has 1 saturated heterocycles. The molecule has 6 nitrogen and oxygen atoms in total. The van der Waals surface area contributed by atoms with E-state index in [9.17, 15) is 19.2 Å². The highest BCUT2D eigenvalue weighted by Crippen LogP contribution is 2.36. The first-order chi connectivity index (χ1) is 11.2. The van der Waals surface area contributed by atoms with Crippen molar-refractivity contribution in [3.63, 3.8) is 0 Å². The lowest BCUT2D eigenvalue weighted by Gasteiger charge is -2.26. The molecule has 0 aromatic heterocycles. The van der Waals surface area contributed by atoms with Crippen molar-refractivity contribution in [3.8, 4) is 0 Å². The molecule has 0 spiro atoms. The van der Waals surface area contributed by atoms with Crippen LogP contribution in [0.5, 0.6) is 0 Å². The molecule has 0 saturated carbocycles. The summed E-state index contributed by atoms with van der Waals surface area (Å²) in [5.41, 5.74) is -3.42. The van der Waals surface area contributed by atoms with Crippen molar-refractivity contribution >= 4 is 35.2 Å². The minimum absolute atomic E-state index is 0.148. The number of imide groups is 1. The molecule has 1 heterocycles. The highest BCUT2D eigenvalue weighted by atomic mass is 35.5. The predicted molar refractivity (Wildman–Crippen MR) is 82.1 cm³/mol. The van der Waals surface area contributed by atoms with Gasteiger partial charge in [0.05, 0.1) is 6.61 Å². The summed E-state index contributed by atoms with van der Waals surface area (Å²) in [4.78, 5) is 49.3. The lowest BCUT2D eigenvalue weighted by Crippen LogP contribution is -2.52. The first kappa shape index (κ1) is 18.1. The molecule has 0 aliphatic carbocycles. The maximum atomic E-state index is 15.6. The first-order valence-electron chi connectivity index (χ1n) is 7.20. The van der Waals surface area contributed by atoms with Crippen molar-refractivity contribution in [3.05, 3.63) is 34.9 Å². The second-order valence-electron chi connectivity index (χ2n) is 5.32. The van der Waals surface area contributed by atoms with Gasteiger partial charge in [0.2, 0.25) is 17.6 Å². The molecule has 2 amide bonds. The van der Waals surface area contributed by atoms with Gasteiger partial charge in [0, 0.05) is 24.1 Å². The molecule has 1 fully saturated rings. The van der Waals surface area contributed by atoms with Gasteiger partial charge in [-0.25, -0.2) is 9.18 Å². The highest BCUT2D eigenvalue weighted by molar-refractivity contribution is 6.30. The summed E-state index contributed by atoms with van der Waals surface area (Å²) in [6.07, 6.45) is -0.579. The van der Waals surface area contributed by atoms with Crippen molar-refractivity contribution in [2.24, 2.45) is 5.92 Å². The van der Waals surface area contributed by atoms with Gasteiger partial charge in [-0.05, 0) is 31.2 Å². The number of carbonyl (C=O) groups excluding carboxylic acids is 4. The van der Waals surface area contributed by atoms with Crippen LogP contribution in [-0.4, -0.2) is 47.8 Å². The third-order valence-corrected chi connectivity index (χ3v) is 4.12. The Kier molecular flexibility index (Phi) is 5.03. The molecule has 1 aromatic carbocycles. The Labute approximate surface area is 142 Å². The van der Waals surface area contributed by atoms with Gasteiger partial charge in [-0.15, -0.1) is 0 Å². The number of hydrogen-bond acceptors (Lipinski definition) is 5. The van der Waals surface area contributed by atoms with Gasteiger partial charge < -0.3 is 4.74 Å². The number of likely N-dealkylation sites (tertiary alicyclic amines) is 1. The van der Waals surface area contributed by atoms with E-state index in [4.69, 9.17) is 11.6 Å². The van der Waals surface area contributed by atoms with E-state index in [0.29, 0.717) is 9.92 Å². The van der Waals surface area contributed by atoms with E-state index in [-0.39, 0.29) is 12.2 Å². The maximum Gasteiger partial charge on any atom is 0.353 e. The van der Waals surface area contributed by atoms with Crippen molar-refractivity contribution in [2.45, 2.75) is 19.0 Å². The number of halogens is 2. The lowest BCUT2D eigenvalue weighted by atomic mass is 9.81. The predicted octanol–water partition coefficient (Wildman–Crippen LogP) is 1.80. The maximum absolute atomic E-state index is 15.6. The molecule has 128 valence electrons. The summed E-state index contributed by atoms with van der Waals surface area (Å²) in [7, 11) is 1.17. The Hall–Kier alpha value is -2.28. The monoisotopic (exact) mass is 355 g/mol. The molecule has 8 heteroatoms. The van der Waals surface area contributed by atoms with E-state index in [2.05, 4.69) is 4.74 Å². The van der Waals surface area contributed by atoms with Gasteiger partial charge in [0.25, 0.3) is 5.67 Å². The van der Waals surface area contributed by atoms with Gasteiger partial charge in [0.15, 0.2) is 0 Å². The van der Waals surface area contributed by atoms with Crippen LogP contribution in [-0.2, 0) is 19.1 Å². The van der Waals surface area contributed by atoms with Gasteiger partial charge in [0.1, 0.15) is 5.92 Å². The molecule has 1 aromatic rings. The van der Waals surface area contributed by atoms with E-state index in [1.807, 2.05) is 0 Å². The largest absolute Gasteiger partial charge is 0.463 e. The minimum atomic E-state index is -3.28. The number of nitrogens with zero attached hydrogens (tertiary/aromatic N) is 1. The Morgan fingerprint density at radius 1 is 1.33 bits per heavy atom. The van der Waals surface area contributed by atoms with Crippen LogP contribution >= 0.6 is 11.6 Å². The van der Waals surface area contributed by atoms with E-state index < -0.39 is 41.6 Å². The van der Waals surface area contributed by atoms with Gasteiger partial charge >= 0.3 is 5.97 Å². The number of amides is 2. The molecular weight excluding hydrogens is 341 g/mol. The molecule has 2 atom stereocenters. The summed E-state index contributed by atoms with van der Waals surface area (Å²) in [6.45, 7) is 1.27. The second-order valence-corrected chi connectivity index (χ2v) is 5.75.